The van der Waals surface area contributed by atoms with Crippen LogP contribution in [0, 0.1) is 0 Å². The van der Waals surface area contributed by atoms with Crippen LogP contribution in [0.1, 0.15) is 35.7 Å². The normalized spacial score (nSPS) is 9.71. The number of ketones is 1. The number of ether oxygens (including phenoxy) is 1. The van der Waals surface area contributed by atoms with Gasteiger partial charge < -0.3 is 4.74 Å². The average molecular weight is 250 g/mol. The molecule has 1 aromatic carbocycles. The van der Waals surface area contributed by atoms with Gasteiger partial charge in [0.15, 0.2) is 5.78 Å². The largest absolute Gasteiger partial charge is 0.466 e. The minimum Gasteiger partial charge on any atom is -0.466 e. The zero-order valence-electron chi connectivity index (χ0n) is 9.64. The van der Waals surface area contributed by atoms with E-state index in [0.29, 0.717) is 12.2 Å². The van der Waals surface area contributed by atoms with Gasteiger partial charge in [0.1, 0.15) is 0 Å². The van der Waals surface area contributed by atoms with Crippen LogP contribution in [0.15, 0.2) is 24.3 Å². The molecule has 1 rings (SSSR count). The molecule has 3 nitrogen and oxygen atoms in total. The predicted molar refractivity (Wildman–Crippen MR) is 69.4 cm³/mol. The van der Waals surface area contributed by atoms with Crippen LogP contribution in [-0.4, -0.2) is 23.7 Å². The highest BCUT2D eigenvalue weighted by Gasteiger charge is 2.09. The molecule has 0 aromatic heterocycles. The minimum absolute atomic E-state index is 0.0611. The van der Waals surface area contributed by atoms with E-state index in [-0.39, 0.29) is 24.6 Å². The van der Waals surface area contributed by atoms with Gasteiger partial charge in [-0.25, -0.2) is 0 Å². The molecule has 0 fully saturated rings. The van der Waals surface area contributed by atoms with E-state index in [4.69, 9.17) is 17.0 Å². The zero-order valence-corrected chi connectivity index (χ0v) is 10.5. The van der Waals surface area contributed by atoms with Crippen LogP contribution in [0.5, 0.6) is 0 Å². The molecular formula is C13H14O3S. The lowest BCUT2D eigenvalue weighted by Crippen LogP contribution is -2.07. The van der Waals surface area contributed by atoms with Crippen LogP contribution in [0.25, 0.3) is 0 Å². The summed E-state index contributed by atoms with van der Waals surface area (Å²) < 4.78 is 4.75. The van der Waals surface area contributed by atoms with E-state index in [9.17, 15) is 9.59 Å². The first-order valence-electron chi connectivity index (χ1n) is 5.41. The Morgan fingerprint density at radius 2 is 1.88 bits per heavy atom. The van der Waals surface area contributed by atoms with Crippen molar-refractivity contribution in [1.82, 2.24) is 0 Å². The van der Waals surface area contributed by atoms with Gasteiger partial charge in [-0.05, 0) is 12.5 Å². The molecule has 4 heteroatoms. The molecule has 0 unspecified atom stereocenters. The topological polar surface area (TPSA) is 43.4 Å². The Kier molecular flexibility index (Phi) is 5.49. The summed E-state index contributed by atoms with van der Waals surface area (Å²) in [5.41, 5.74) is 1.48. The molecule has 0 saturated carbocycles. The van der Waals surface area contributed by atoms with Gasteiger partial charge in [0, 0.05) is 17.4 Å². The monoisotopic (exact) mass is 250 g/mol. The van der Waals surface area contributed by atoms with Crippen LogP contribution >= 0.6 is 12.2 Å². The fourth-order valence-electron chi connectivity index (χ4n) is 1.34. The molecule has 0 amide bonds. The van der Waals surface area contributed by atoms with Crippen molar-refractivity contribution in [2.75, 3.05) is 6.61 Å². The van der Waals surface area contributed by atoms with Gasteiger partial charge in [-0.1, -0.05) is 36.5 Å². The van der Waals surface area contributed by atoms with E-state index < -0.39 is 0 Å². The van der Waals surface area contributed by atoms with Crippen LogP contribution in [0.2, 0.25) is 0 Å². The highest BCUT2D eigenvalue weighted by molar-refractivity contribution is 7.79. The second-order valence-corrected chi connectivity index (χ2v) is 3.70. The van der Waals surface area contributed by atoms with Crippen molar-refractivity contribution >= 4 is 29.3 Å². The molecule has 0 saturated heterocycles. The molecule has 17 heavy (non-hydrogen) atoms. The molecule has 0 spiro atoms. The number of hydrogen-bond donors (Lipinski definition) is 0. The SMILES string of the molecule is CCOC(=O)CCC(=O)c1ccc(C=S)cc1. The molecule has 0 N–H and O–H groups in total. The molecular weight excluding hydrogens is 236 g/mol. The van der Waals surface area contributed by atoms with Crippen molar-refractivity contribution in [2.45, 2.75) is 19.8 Å². The Labute approximate surface area is 106 Å². The Bertz CT molecular complexity index is 409. The summed E-state index contributed by atoms with van der Waals surface area (Å²) in [5, 5.41) is 1.55. The van der Waals surface area contributed by atoms with E-state index in [1.165, 1.54) is 0 Å². The maximum atomic E-state index is 11.7. The lowest BCUT2D eigenvalue weighted by atomic mass is 10.1. The van der Waals surface area contributed by atoms with Crippen molar-refractivity contribution < 1.29 is 14.3 Å². The van der Waals surface area contributed by atoms with Crippen molar-refractivity contribution in [1.29, 1.82) is 0 Å². The Balaban J connectivity index is 2.52. The van der Waals surface area contributed by atoms with Gasteiger partial charge in [-0.2, -0.15) is 0 Å². The number of esters is 1. The van der Waals surface area contributed by atoms with Gasteiger partial charge in [0.2, 0.25) is 0 Å². The number of carbonyl (C=O) groups excluding carboxylic acids is 2. The standard InChI is InChI=1S/C13H14O3S/c1-2-16-13(15)8-7-12(14)11-5-3-10(9-17)4-6-11/h3-6,9H,2,7-8H2,1H3. The maximum absolute atomic E-state index is 11.7. The number of rotatable bonds is 6. The number of benzene rings is 1. The number of carbonyl (C=O) groups is 2. The molecule has 0 radical (unpaired) electrons. The highest BCUT2D eigenvalue weighted by atomic mass is 32.1. The van der Waals surface area contributed by atoms with Gasteiger partial charge in [0.25, 0.3) is 0 Å². The second kappa shape index (κ2) is 6.91. The smallest absolute Gasteiger partial charge is 0.306 e. The number of Topliss-reactive ketones (excluding diaryl/α,β-unsaturated/α-hetero) is 1. The first-order valence-corrected chi connectivity index (χ1v) is 5.88. The molecule has 0 aliphatic heterocycles. The van der Waals surface area contributed by atoms with Crippen LogP contribution in [0.3, 0.4) is 0 Å². The fraction of sp³-hybridized carbons (Fsp3) is 0.308. The predicted octanol–water partition coefficient (Wildman–Crippen LogP) is 2.56. The Morgan fingerprint density at radius 3 is 2.41 bits per heavy atom. The van der Waals surface area contributed by atoms with Crippen LogP contribution < -0.4 is 0 Å². The fourth-order valence-corrected chi connectivity index (χ4v) is 1.50. The summed E-state index contributed by atoms with van der Waals surface area (Å²) in [6.45, 7) is 2.08. The van der Waals surface area contributed by atoms with E-state index in [1.54, 1.807) is 36.6 Å². The quantitative estimate of drug-likeness (QED) is 0.442. The van der Waals surface area contributed by atoms with Crippen molar-refractivity contribution in [3.63, 3.8) is 0 Å². The molecule has 0 aliphatic rings. The maximum Gasteiger partial charge on any atom is 0.306 e. The Hall–Kier alpha value is -1.55. The third-order valence-electron chi connectivity index (χ3n) is 2.23. The number of hydrogen-bond acceptors (Lipinski definition) is 4. The summed E-state index contributed by atoms with van der Waals surface area (Å²) in [6.07, 6.45) is 0.303. The lowest BCUT2D eigenvalue weighted by Gasteiger charge is -2.02. The molecule has 90 valence electrons. The van der Waals surface area contributed by atoms with E-state index in [2.05, 4.69) is 0 Å². The molecule has 0 heterocycles. The van der Waals surface area contributed by atoms with Crippen molar-refractivity contribution in [2.24, 2.45) is 0 Å². The van der Waals surface area contributed by atoms with Gasteiger partial charge >= 0.3 is 5.97 Å². The van der Waals surface area contributed by atoms with Crippen LogP contribution in [-0.2, 0) is 9.53 Å². The summed E-state index contributed by atoms with van der Waals surface area (Å²) in [6, 6.07) is 6.99. The summed E-state index contributed by atoms with van der Waals surface area (Å²) >= 11 is 4.77. The first kappa shape index (κ1) is 13.5. The lowest BCUT2D eigenvalue weighted by molar-refractivity contribution is -0.143. The minimum atomic E-state index is -0.337. The third-order valence-corrected chi connectivity index (χ3v) is 2.50. The second-order valence-electron chi connectivity index (χ2n) is 3.47. The van der Waals surface area contributed by atoms with Crippen LogP contribution in [0.4, 0.5) is 0 Å². The molecule has 0 bridgehead atoms. The Morgan fingerprint density at radius 1 is 1.24 bits per heavy atom. The van der Waals surface area contributed by atoms with Crippen molar-refractivity contribution in [3.8, 4) is 0 Å². The van der Waals surface area contributed by atoms with Gasteiger partial charge in [-0.3, -0.25) is 9.59 Å². The zero-order chi connectivity index (χ0) is 12.7. The number of thiocarbonyl (C=S) groups is 1. The summed E-state index contributed by atoms with van der Waals surface area (Å²) in [7, 11) is 0. The van der Waals surface area contributed by atoms with E-state index >= 15 is 0 Å². The van der Waals surface area contributed by atoms with E-state index in [1.807, 2.05) is 0 Å². The summed E-state index contributed by atoms with van der Waals surface area (Å²) in [5.74, 6) is -0.398. The molecule has 1 aromatic rings. The van der Waals surface area contributed by atoms with Gasteiger partial charge in [0.05, 0.1) is 13.0 Å². The van der Waals surface area contributed by atoms with Crippen molar-refractivity contribution in [3.05, 3.63) is 35.4 Å². The van der Waals surface area contributed by atoms with Gasteiger partial charge in [-0.15, -0.1) is 0 Å². The molecule has 0 aliphatic carbocycles. The average Bonchev–Trinajstić information content (AvgIpc) is 2.36. The molecule has 0 atom stereocenters. The summed E-state index contributed by atoms with van der Waals surface area (Å²) in [4.78, 5) is 22.8. The first-order chi connectivity index (χ1) is 8.17. The van der Waals surface area contributed by atoms with E-state index in [0.717, 1.165) is 5.56 Å². The highest BCUT2D eigenvalue weighted by Crippen LogP contribution is 2.08. The third kappa shape index (κ3) is 4.44.